The molecule has 8 heteroatoms. The lowest BCUT2D eigenvalue weighted by Crippen LogP contribution is -2.37. The fraction of sp³-hybridized carbons (Fsp3) is 0.286. The van der Waals surface area contributed by atoms with Gasteiger partial charge in [-0.15, -0.1) is 0 Å². The fourth-order valence-corrected chi connectivity index (χ4v) is 3.96. The lowest BCUT2D eigenvalue weighted by molar-refractivity contribution is 0.384. The normalized spacial score (nSPS) is 15.5. The molecule has 0 atom stereocenters. The van der Waals surface area contributed by atoms with Gasteiger partial charge in [0.15, 0.2) is 0 Å². The Labute approximate surface area is 127 Å². The smallest absolute Gasteiger partial charge is 0.218 e. The van der Waals surface area contributed by atoms with Crippen LogP contribution in [0.2, 0.25) is 0 Å². The third-order valence-electron chi connectivity index (χ3n) is 3.66. The monoisotopic (exact) mass is 322 g/mol. The van der Waals surface area contributed by atoms with Crippen molar-refractivity contribution >= 4 is 15.8 Å². The molecule has 116 valence electrons. The highest BCUT2D eigenvalue weighted by Crippen LogP contribution is 2.23. The number of fused-ring (bicyclic) bond motifs is 1. The number of hydrogen-bond donors (Lipinski definition) is 1. The summed E-state index contributed by atoms with van der Waals surface area (Å²) in [6.45, 7) is 0.527. The summed E-state index contributed by atoms with van der Waals surface area (Å²) >= 11 is 0. The van der Waals surface area contributed by atoms with Crippen LogP contribution in [-0.4, -0.2) is 29.2 Å². The van der Waals surface area contributed by atoms with Gasteiger partial charge in [0.1, 0.15) is 18.0 Å². The molecule has 1 aromatic carbocycles. The van der Waals surface area contributed by atoms with E-state index in [1.807, 2.05) is 0 Å². The summed E-state index contributed by atoms with van der Waals surface area (Å²) in [6.07, 6.45) is 1.83. The van der Waals surface area contributed by atoms with Crippen LogP contribution in [0, 0.1) is 5.82 Å². The fourth-order valence-electron chi connectivity index (χ4n) is 2.48. The van der Waals surface area contributed by atoms with Gasteiger partial charge in [0.2, 0.25) is 10.0 Å². The van der Waals surface area contributed by atoms with Gasteiger partial charge in [0, 0.05) is 12.1 Å². The van der Waals surface area contributed by atoms with Gasteiger partial charge < -0.3 is 5.73 Å². The molecule has 0 fully saturated rings. The number of rotatable bonds is 3. The van der Waals surface area contributed by atoms with Crippen LogP contribution < -0.4 is 5.73 Å². The molecule has 1 aromatic heterocycles. The average molecular weight is 322 g/mol. The Bertz CT molecular complexity index is 793. The zero-order valence-corrected chi connectivity index (χ0v) is 12.6. The summed E-state index contributed by atoms with van der Waals surface area (Å²) in [5.74, 6) is -0.149. The first-order chi connectivity index (χ1) is 10.5. The quantitative estimate of drug-likeness (QED) is 0.913. The van der Waals surface area contributed by atoms with Gasteiger partial charge >= 0.3 is 0 Å². The Hall–Kier alpha value is -2.06. The first-order valence-corrected chi connectivity index (χ1v) is 8.37. The molecule has 0 amide bonds. The van der Waals surface area contributed by atoms with Crippen molar-refractivity contribution in [3.05, 3.63) is 53.2 Å². The van der Waals surface area contributed by atoms with Gasteiger partial charge in [-0.25, -0.2) is 22.8 Å². The highest BCUT2D eigenvalue weighted by atomic mass is 32.2. The maximum Gasteiger partial charge on any atom is 0.218 e. The SMILES string of the molecule is Nc1ncnc2c1CCN(S(=O)(=O)Cc1ccc(F)cc1)C2. The molecule has 2 heterocycles. The Morgan fingerprint density at radius 2 is 1.95 bits per heavy atom. The molecule has 0 saturated heterocycles. The van der Waals surface area contributed by atoms with E-state index in [2.05, 4.69) is 9.97 Å². The van der Waals surface area contributed by atoms with Crippen LogP contribution >= 0.6 is 0 Å². The molecule has 0 radical (unpaired) electrons. The van der Waals surface area contributed by atoms with E-state index in [0.717, 1.165) is 5.56 Å². The molecule has 6 nitrogen and oxygen atoms in total. The van der Waals surface area contributed by atoms with Crippen molar-refractivity contribution in [1.82, 2.24) is 14.3 Å². The highest BCUT2D eigenvalue weighted by molar-refractivity contribution is 7.88. The Morgan fingerprint density at radius 3 is 2.68 bits per heavy atom. The number of nitrogens with two attached hydrogens (primary N) is 1. The largest absolute Gasteiger partial charge is 0.383 e. The second kappa shape index (κ2) is 5.62. The van der Waals surface area contributed by atoms with Crippen molar-refractivity contribution in [3.63, 3.8) is 0 Å². The Morgan fingerprint density at radius 1 is 1.23 bits per heavy atom. The van der Waals surface area contributed by atoms with E-state index >= 15 is 0 Å². The minimum atomic E-state index is -3.50. The number of sulfonamides is 1. The van der Waals surface area contributed by atoms with Gasteiger partial charge in [0.25, 0.3) is 0 Å². The molecule has 0 unspecified atom stereocenters. The summed E-state index contributed by atoms with van der Waals surface area (Å²) < 4.78 is 39.3. The molecule has 0 saturated carbocycles. The summed E-state index contributed by atoms with van der Waals surface area (Å²) in [5.41, 5.74) is 7.79. The van der Waals surface area contributed by atoms with E-state index in [1.165, 1.54) is 34.9 Å². The maximum atomic E-state index is 12.9. The predicted octanol–water partition coefficient (Wildman–Crippen LogP) is 1.09. The summed E-state index contributed by atoms with van der Waals surface area (Å²) in [7, 11) is -3.50. The molecular formula is C14H15FN4O2S. The predicted molar refractivity (Wildman–Crippen MR) is 79.6 cm³/mol. The van der Waals surface area contributed by atoms with E-state index in [9.17, 15) is 12.8 Å². The van der Waals surface area contributed by atoms with Crippen LogP contribution in [0.4, 0.5) is 10.2 Å². The van der Waals surface area contributed by atoms with E-state index in [0.29, 0.717) is 30.0 Å². The number of halogens is 1. The number of nitrogen functional groups attached to an aromatic ring is 1. The summed E-state index contributed by atoms with van der Waals surface area (Å²) in [4.78, 5) is 8.03. The second-order valence-electron chi connectivity index (χ2n) is 5.15. The molecule has 2 aromatic rings. The zero-order valence-electron chi connectivity index (χ0n) is 11.7. The minimum absolute atomic E-state index is 0.164. The third kappa shape index (κ3) is 2.93. The molecule has 0 spiro atoms. The lowest BCUT2D eigenvalue weighted by Gasteiger charge is -2.27. The molecule has 22 heavy (non-hydrogen) atoms. The second-order valence-corrected chi connectivity index (χ2v) is 7.12. The third-order valence-corrected chi connectivity index (χ3v) is 5.46. The van der Waals surface area contributed by atoms with Crippen molar-refractivity contribution in [2.45, 2.75) is 18.7 Å². The molecule has 3 rings (SSSR count). The van der Waals surface area contributed by atoms with Crippen LogP contribution in [0.1, 0.15) is 16.8 Å². The topological polar surface area (TPSA) is 89.2 Å². The molecule has 2 N–H and O–H groups in total. The van der Waals surface area contributed by atoms with E-state index in [4.69, 9.17) is 5.73 Å². The highest BCUT2D eigenvalue weighted by Gasteiger charge is 2.28. The van der Waals surface area contributed by atoms with Crippen LogP contribution in [0.3, 0.4) is 0 Å². The molecular weight excluding hydrogens is 307 g/mol. The van der Waals surface area contributed by atoms with E-state index in [1.54, 1.807) is 0 Å². The van der Waals surface area contributed by atoms with Crippen molar-refractivity contribution in [2.24, 2.45) is 0 Å². The van der Waals surface area contributed by atoms with Gasteiger partial charge in [-0.1, -0.05) is 12.1 Å². The number of nitrogens with zero attached hydrogens (tertiary/aromatic N) is 3. The van der Waals surface area contributed by atoms with Crippen molar-refractivity contribution in [2.75, 3.05) is 12.3 Å². The van der Waals surface area contributed by atoms with Crippen LogP contribution in [0.25, 0.3) is 0 Å². The number of benzene rings is 1. The van der Waals surface area contributed by atoms with Crippen molar-refractivity contribution in [1.29, 1.82) is 0 Å². The van der Waals surface area contributed by atoms with E-state index in [-0.39, 0.29) is 18.1 Å². The average Bonchev–Trinajstić information content (AvgIpc) is 2.49. The number of anilines is 1. The van der Waals surface area contributed by atoms with Gasteiger partial charge in [-0.05, 0) is 24.1 Å². The molecule has 1 aliphatic rings. The van der Waals surface area contributed by atoms with Crippen molar-refractivity contribution in [3.8, 4) is 0 Å². The first-order valence-electron chi connectivity index (χ1n) is 6.76. The molecule has 0 bridgehead atoms. The first kappa shape index (κ1) is 14.9. The number of aromatic nitrogens is 2. The van der Waals surface area contributed by atoms with Gasteiger partial charge in [-0.3, -0.25) is 0 Å². The summed E-state index contributed by atoms with van der Waals surface area (Å²) in [6, 6.07) is 5.46. The maximum absolute atomic E-state index is 12.9. The summed E-state index contributed by atoms with van der Waals surface area (Å²) in [5, 5.41) is 0. The van der Waals surface area contributed by atoms with Crippen molar-refractivity contribution < 1.29 is 12.8 Å². The standard InChI is InChI=1S/C14H15FN4O2S/c15-11-3-1-10(2-4-11)8-22(20,21)19-6-5-12-13(7-19)17-9-18-14(12)16/h1-4,9H,5-8H2,(H2,16,17,18). The molecule has 1 aliphatic heterocycles. The van der Waals surface area contributed by atoms with Gasteiger partial charge in [0.05, 0.1) is 18.0 Å². The van der Waals surface area contributed by atoms with Crippen LogP contribution in [-0.2, 0) is 28.7 Å². The van der Waals surface area contributed by atoms with Gasteiger partial charge in [-0.2, -0.15) is 4.31 Å². The zero-order chi connectivity index (χ0) is 15.7. The lowest BCUT2D eigenvalue weighted by atomic mass is 10.1. The van der Waals surface area contributed by atoms with Crippen LogP contribution in [0.15, 0.2) is 30.6 Å². The minimum Gasteiger partial charge on any atom is -0.383 e. The molecule has 0 aliphatic carbocycles. The Kier molecular flexibility index (Phi) is 3.79. The Balaban J connectivity index is 1.80. The van der Waals surface area contributed by atoms with Crippen LogP contribution in [0.5, 0.6) is 0 Å². The number of hydrogen-bond acceptors (Lipinski definition) is 5. The van der Waals surface area contributed by atoms with E-state index < -0.39 is 10.0 Å².